The fraction of sp³-hybridized carbons (Fsp3) is 0.375. The topological polar surface area (TPSA) is 0 Å². The van der Waals surface area contributed by atoms with Gasteiger partial charge < -0.3 is 0 Å². The van der Waals surface area contributed by atoms with Gasteiger partial charge in [-0.2, -0.15) is 0 Å². The molecule has 0 saturated heterocycles. The van der Waals surface area contributed by atoms with Crippen LogP contribution >= 0.6 is 38.9 Å². The number of alkyl halides is 1. The minimum Gasteiger partial charge on any atom is -0.144 e. The van der Waals surface area contributed by atoms with Gasteiger partial charge in [-0.3, -0.25) is 0 Å². The number of hydrogen-bond donors (Lipinski definition) is 0. The number of halogens is 2. The van der Waals surface area contributed by atoms with Gasteiger partial charge >= 0.3 is 0 Å². The van der Waals surface area contributed by atoms with E-state index in [2.05, 4.69) is 34.1 Å². The van der Waals surface area contributed by atoms with E-state index in [1.807, 2.05) is 23.5 Å². The number of thiophene rings is 1. The van der Waals surface area contributed by atoms with Crippen LogP contribution < -0.4 is 0 Å². The Kier molecular flexibility index (Phi) is 4.30. The van der Waals surface area contributed by atoms with Crippen LogP contribution in [-0.4, -0.2) is 0 Å². The van der Waals surface area contributed by atoms with Crippen molar-refractivity contribution < 1.29 is 0 Å². The minimum absolute atomic E-state index is 0.404. The highest BCUT2D eigenvalue weighted by molar-refractivity contribution is 9.09. The third-order valence-electron chi connectivity index (χ3n) is 3.63. The normalized spacial score (nSPS) is 16.1. The van der Waals surface area contributed by atoms with E-state index in [1.165, 1.54) is 36.1 Å². The molecule has 0 saturated carbocycles. The second-order valence-corrected chi connectivity index (χ2v) is 7.82. The zero-order valence-electron chi connectivity index (χ0n) is 10.7. The van der Waals surface area contributed by atoms with Crippen LogP contribution in [-0.2, 0) is 19.3 Å². The molecule has 1 atom stereocenters. The van der Waals surface area contributed by atoms with Crippen LogP contribution in [0.1, 0.15) is 38.6 Å². The van der Waals surface area contributed by atoms with Crippen LogP contribution in [0.2, 0.25) is 5.02 Å². The van der Waals surface area contributed by atoms with Gasteiger partial charge in [-0.1, -0.05) is 39.7 Å². The standard InChI is InChI=1S/C16H16BrClS/c17-14(9-11-4-3-6-13(18)8-11)16-10-12-5-1-2-7-15(12)19-16/h3-4,6,8,10,14H,1-2,5,7,9H2. The van der Waals surface area contributed by atoms with Crippen molar-refractivity contribution in [3.8, 4) is 0 Å². The Bertz CT molecular complexity index is 552. The highest BCUT2D eigenvalue weighted by atomic mass is 79.9. The van der Waals surface area contributed by atoms with Crippen molar-refractivity contribution in [3.05, 3.63) is 56.2 Å². The Hall–Kier alpha value is -0.310. The average molecular weight is 356 g/mol. The first-order chi connectivity index (χ1) is 9.22. The first-order valence-corrected chi connectivity index (χ1v) is 8.83. The molecule has 0 fully saturated rings. The molecule has 100 valence electrons. The molecule has 0 radical (unpaired) electrons. The Morgan fingerprint density at radius 1 is 1.21 bits per heavy atom. The Morgan fingerprint density at radius 3 is 2.84 bits per heavy atom. The third-order valence-corrected chi connectivity index (χ3v) is 6.33. The van der Waals surface area contributed by atoms with Gasteiger partial charge in [0.2, 0.25) is 0 Å². The Morgan fingerprint density at radius 2 is 2.05 bits per heavy atom. The lowest BCUT2D eigenvalue weighted by atomic mass is 9.99. The van der Waals surface area contributed by atoms with Crippen LogP contribution in [0.15, 0.2) is 30.3 Å². The van der Waals surface area contributed by atoms with Crippen molar-refractivity contribution in [1.29, 1.82) is 0 Å². The van der Waals surface area contributed by atoms with E-state index in [9.17, 15) is 0 Å². The van der Waals surface area contributed by atoms with Crippen molar-refractivity contribution in [2.45, 2.75) is 36.9 Å². The molecule has 1 aliphatic carbocycles. The zero-order valence-corrected chi connectivity index (χ0v) is 13.8. The number of hydrogen-bond acceptors (Lipinski definition) is 1. The molecule has 2 aromatic rings. The molecular weight excluding hydrogens is 340 g/mol. The van der Waals surface area contributed by atoms with E-state index in [1.54, 1.807) is 10.4 Å². The second kappa shape index (κ2) is 5.99. The summed E-state index contributed by atoms with van der Waals surface area (Å²) in [6.07, 6.45) is 6.25. The summed E-state index contributed by atoms with van der Waals surface area (Å²) in [4.78, 5) is 3.48. The number of fused-ring (bicyclic) bond motifs is 1. The lowest BCUT2D eigenvalue weighted by molar-refractivity contribution is 0.697. The molecule has 1 aliphatic rings. The molecule has 0 aliphatic heterocycles. The fourth-order valence-corrected chi connectivity index (χ4v) is 4.87. The summed E-state index contributed by atoms with van der Waals surface area (Å²) in [6.45, 7) is 0. The number of benzene rings is 1. The molecule has 1 unspecified atom stereocenters. The molecule has 0 nitrogen and oxygen atoms in total. The van der Waals surface area contributed by atoms with Crippen LogP contribution in [0.25, 0.3) is 0 Å². The van der Waals surface area contributed by atoms with E-state index in [4.69, 9.17) is 11.6 Å². The third kappa shape index (κ3) is 3.24. The highest BCUT2D eigenvalue weighted by Crippen LogP contribution is 2.37. The van der Waals surface area contributed by atoms with Crippen LogP contribution in [0, 0.1) is 0 Å². The smallest absolute Gasteiger partial charge is 0.0529 e. The first-order valence-electron chi connectivity index (χ1n) is 6.72. The largest absolute Gasteiger partial charge is 0.144 e. The first kappa shape index (κ1) is 13.7. The van der Waals surface area contributed by atoms with Gasteiger partial charge in [-0.25, -0.2) is 0 Å². The van der Waals surface area contributed by atoms with Gasteiger partial charge in [0.05, 0.1) is 4.83 Å². The molecule has 19 heavy (non-hydrogen) atoms. The molecule has 0 bridgehead atoms. The van der Waals surface area contributed by atoms with Gasteiger partial charge in [-0.05, 0) is 61.4 Å². The summed E-state index contributed by atoms with van der Waals surface area (Å²) < 4.78 is 0. The summed E-state index contributed by atoms with van der Waals surface area (Å²) in [5.41, 5.74) is 2.88. The van der Waals surface area contributed by atoms with Crippen LogP contribution in [0.4, 0.5) is 0 Å². The van der Waals surface area contributed by atoms with E-state index in [0.29, 0.717) is 4.83 Å². The van der Waals surface area contributed by atoms with Crippen molar-refractivity contribution in [3.63, 3.8) is 0 Å². The molecule has 0 N–H and O–H groups in total. The summed E-state index contributed by atoms with van der Waals surface area (Å²) in [6, 6.07) is 10.6. The summed E-state index contributed by atoms with van der Waals surface area (Å²) in [5.74, 6) is 0. The second-order valence-electron chi connectivity index (χ2n) is 5.11. The maximum atomic E-state index is 6.04. The minimum atomic E-state index is 0.404. The zero-order chi connectivity index (χ0) is 13.2. The SMILES string of the molecule is Clc1cccc(CC(Br)c2cc3c(s2)CCCC3)c1. The van der Waals surface area contributed by atoms with Crippen molar-refractivity contribution >= 4 is 38.9 Å². The fourth-order valence-electron chi connectivity index (χ4n) is 2.64. The molecule has 1 heterocycles. The average Bonchev–Trinajstić information content (AvgIpc) is 2.82. The maximum Gasteiger partial charge on any atom is 0.0529 e. The summed E-state index contributed by atoms with van der Waals surface area (Å²) >= 11 is 11.9. The van der Waals surface area contributed by atoms with Crippen molar-refractivity contribution in [1.82, 2.24) is 0 Å². The van der Waals surface area contributed by atoms with E-state index in [-0.39, 0.29) is 0 Å². The Balaban J connectivity index is 1.76. The van der Waals surface area contributed by atoms with Gasteiger partial charge in [0.1, 0.15) is 0 Å². The molecule has 0 spiro atoms. The summed E-state index contributed by atoms with van der Waals surface area (Å²) in [7, 11) is 0. The lowest BCUT2D eigenvalue weighted by Gasteiger charge is -2.08. The monoisotopic (exact) mass is 354 g/mol. The molecule has 0 amide bonds. The maximum absolute atomic E-state index is 6.04. The molecular formula is C16H16BrClS. The highest BCUT2D eigenvalue weighted by Gasteiger charge is 2.17. The lowest BCUT2D eigenvalue weighted by Crippen LogP contribution is -1.96. The van der Waals surface area contributed by atoms with Gasteiger partial charge in [0, 0.05) is 14.8 Å². The van der Waals surface area contributed by atoms with Gasteiger partial charge in [-0.15, -0.1) is 11.3 Å². The predicted octanol–water partition coefficient (Wildman–Crippen LogP) is 5.96. The molecule has 1 aromatic heterocycles. The Labute approximate surface area is 131 Å². The van der Waals surface area contributed by atoms with Gasteiger partial charge in [0.25, 0.3) is 0 Å². The van der Waals surface area contributed by atoms with Crippen LogP contribution in [0.5, 0.6) is 0 Å². The predicted molar refractivity (Wildman–Crippen MR) is 87.8 cm³/mol. The van der Waals surface area contributed by atoms with E-state index < -0.39 is 0 Å². The van der Waals surface area contributed by atoms with E-state index in [0.717, 1.165) is 11.4 Å². The van der Waals surface area contributed by atoms with Crippen molar-refractivity contribution in [2.75, 3.05) is 0 Å². The molecule has 3 rings (SSSR count). The summed E-state index contributed by atoms with van der Waals surface area (Å²) in [5, 5.41) is 0.822. The van der Waals surface area contributed by atoms with Crippen LogP contribution in [0.3, 0.4) is 0 Å². The quantitative estimate of drug-likeness (QED) is 0.596. The molecule has 1 aromatic carbocycles. The number of aryl methyl sites for hydroxylation is 2. The van der Waals surface area contributed by atoms with Gasteiger partial charge in [0.15, 0.2) is 0 Å². The molecule has 3 heteroatoms. The number of rotatable bonds is 3. The van der Waals surface area contributed by atoms with Crippen molar-refractivity contribution in [2.24, 2.45) is 0 Å². The van der Waals surface area contributed by atoms with E-state index >= 15 is 0 Å².